The SMILES string of the molecule is CC(CCc1ccccc1C(=O)O)N1CCCCC1. The maximum Gasteiger partial charge on any atom is 0.335 e. The average molecular weight is 261 g/mol. The first-order chi connectivity index (χ1) is 9.18. The van der Waals surface area contributed by atoms with Crippen molar-refractivity contribution in [3.8, 4) is 0 Å². The van der Waals surface area contributed by atoms with Crippen molar-refractivity contribution in [2.45, 2.75) is 45.1 Å². The van der Waals surface area contributed by atoms with Gasteiger partial charge in [0.15, 0.2) is 0 Å². The van der Waals surface area contributed by atoms with Crippen LogP contribution in [0.2, 0.25) is 0 Å². The molecule has 0 saturated carbocycles. The van der Waals surface area contributed by atoms with Crippen LogP contribution in [0.1, 0.15) is 48.5 Å². The second-order valence-electron chi connectivity index (χ2n) is 5.45. The lowest BCUT2D eigenvalue weighted by Gasteiger charge is -2.32. The molecule has 2 rings (SSSR count). The summed E-state index contributed by atoms with van der Waals surface area (Å²) in [5.41, 5.74) is 1.41. The van der Waals surface area contributed by atoms with Crippen molar-refractivity contribution in [1.82, 2.24) is 4.90 Å². The summed E-state index contributed by atoms with van der Waals surface area (Å²) in [6, 6.07) is 7.89. The molecule has 1 aromatic rings. The van der Waals surface area contributed by atoms with Gasteiger partial charge in [0.2, 0.25) is 0 Å². The highest BCUT2D eigenvalue weighted by Crippen LogP contribution is 2.17. The molecule has 1 aliphatic rings. The van der Waals surface area contributed by atoms with Crippen molar-refractivity contribution in [1.29, 1.82) is 0 Å². The van der Waals surface area contributed by atoms with Gasteiger partial charge in [-0.15, -0.1) is 0 Å². The van der Waals surface area contributed by atoms with Crippen LogP contribution in [0.5, 0.6) is 0 Å². The Morgan fingerprint density at radius 2 is 1.95 bits per heavy atom. The summed E-state index contributed by atoms with van der Waals surface area (Å²) >= 11 is 0. The van der Waals surface area contributed by atoms with Crippen molar-refractivity contribution in [2.24, 2.45) is 0 Å². The van der Waals surface area contributed by atoms with Gasteiger partial charge in [0.1, 0.15) is 0 Å². The molecule has 1 N–H and O–H groups in total. The number of carboxylic acid groups (broad SMARTS) is 1. The van der Waals surface area contributed by atoms with Crippen LogP contribution < -0.4 is 0 Å². The van der Waals surface area contributed by atoms with Crippen LogP contribution in [0.25, 0.3) is 0 Å². The average Bonchev–Trinajstić information content (AvgIpc) is 2.46. The van der Waals surface area contributed by atoms with Crippen molar-refractivity contribution in [3.63, 3.8) is 0 Å². The molecule has 1 atom stereocenters. The number of rotatable bonds is 5. The molecule has 1 aromatic carbocycles. The van der Waals surface area contributed by atoms with Gasteiger partial charge < -0.3 is 10.0 Å². The molecule has 0 spiro atoms. The second-order valence-corrected chi connectivity index (χ2v) is 5.45. The summed E-state index contributed by atoms with van der Waals surface area (Å²) in [4.78, 5) is 13.7. The molecule has 0 aliphatic carbocycles. The first-order valence-corrected chi connectivity index (χ1v) is 7.23. The zero-order valence-electron chi connectivity index (χ0n) is 11.6. The quantitative estimate of drug-likeness (QED) is 0.885. The van der Waals surface area contributed by atoms with Gasteiger partial charge in [-0.05, 0) is 57.3 Å². The predicted molar refractivity (Wildman–Crippen MR) is 76.6 cm³/mol. The highest BCUT2D eigenvalue weighted by Gasteiger charge is 2.17. The minimum Gasteiger partial charge on any atom is -0.478 e. The normalized spacial score (nSPS) is 18.2. The Morgan fingerprint density at radius 1 is 1.26 bits per heavy atom. The number of aromatic carboxylic acids is 1. The van der Waals surface area contributed by atoms with Crippen molar-refractivity contribution in [3.05, 3.63) is 35.4 Å². The Hall–Kier alpha value is -1.35. The lowest BCUT2D eigenvalue weighted by atomic mass is 9.99. The molecule has 3 heteroatoms. The topological polar surface area (TPSA) is 40.5 Å². The molecule has 0 amide bonds. The van der Waals surface area contributed by atoms with Crippen LogP contribution in [-0.2, 0) is 6.42 Å². The first kappa shape index (κ1) is 14.1. The Labute approximate surface area is 115 Å². The molecule has 104 valence electrons. The van der Waals surface area contributed by atoms with Crippen LogP contribution in [0.3, 0.4) is 0 Å². The summed E-state index contributed by atoms with van der Waals surface area (Å²) in [6.07, 6.45) is 5.83. The summed E-state index contributed by atoms with van der Waals surface area (Å²) in [5.74, 6) is -0.818. The zero-order valence-corrected chi connectivity index (χ0v) is 11.6. The van der Waals surface area contributed by atoms with Crippen LogP contribution in [0, 0.1) is 0 Å². The number of carbonyl (C=O) groups is 1. The molecule has 3 nitrogen and oxygen atoms in total. The number of piperidine rings is 1. The third kappa shape index (κ3) is 3.80. The van der Waals surface area contributed by atoms with E-state index in [0.29, 0.717) is 11.6 Å². The van der Waals surface area contributed by atoms with Crippen LogP contribution in [-0.4, -0.2) is 35.1 Å². The molecule has 19 heavy (non-hydrogen) atoms. The molecule has 1 fully saturated rings. The molecule has 0 radical (unpaired) electrons. The smallest absolute Gasteiger partial charge is 0.335 e. The Bertz CT molecular complexity index is 425. The molecule has 1 unspecified atom stereocenters. The van der Waals surface area contributed by atoms with E-state index in [1.807, 2.05) is 12.1 Å². The number of likely N-dealkylation sites (tertiary alicyclic amines) is 1. The Morgan fingerprint density at radius 3 is 2.63 bits per heavy atom. The van der Waals surface area contributed by atoms with E-state index in [1.54, 1.807) is 12.1 Å². The van der Waals surface area contributed by atoms with E-state index in [2.05, 4.69) is 11.8 Å². The lowest BCUT2D eigenvalue weighted by molar-refractivity contribution is 0.0695. The maximum absolute atomic E-state index is 11.2. The van der Waals surface area contributed by atoms with Crippen LogP contribution in [0.15, 0.2) is 24.3 Å². The largest absolute Gasteiger partial charge is 0.478 e. The summed E-state index contributed by atoms with van der Waals surface area (Å²) in [7, 11) is 0. The van der Waals surface area contributed by atoms with Crippen molar-refractivity contribution < 1.29 is 9.90 Å². The third-order valence-corrected chi connectivity index (χ3v) is 4.09. The summed E-state index contributed by atoms with van der Waals surface area (Å²) < 4.78 is 0. The molecular weight excluding hydrogens is 238 g/mol. The molecule has 1 aliphatic heterocycles. The predicted octanol–water partition coefficient (Wildman–Crippen LogP) is 3.19. The number of carboxylic acids is 1. The molecule has 0 aromatic heterocycles. The van der Waals surface area contributed by atoms with E-state index < -0.39 is 5.97 Å². The fourth-order valence-electron chi connectivity index (χ4n) is 2.85. The highest BCUT2D eigenvalue weighted by molar-refractivity contribution is 5.89. The van der Waals surface area contributed by atoms with Crippen molar-refractivity contribution >= 4 is 5.97 Å². The highest BCUT2D eigenvalue weighted by atomic mass is 16.4. The van der Waals surface area contributed by atoms with Gasteiger partial charge in [-0.25, -0.2) is 4.79 Å². The number of hydrogen-bond acceptors (Lipinski definition) is 2. The third-order valence-electron chi connectivity index (χ3n) is 4.09. The number of nitrogens with zero attached hydrogens (tertiary/aromatic N) is 1. The van der Waals surface area contributed by atoms with Crippen molar-refractivity contribution in [2.75, 3.05) is 13.1 Å². The summed E-state index contributed by atoms with van der Waals surface area (Å²) in [6.45, 7) is 4.65. The standard InChI is InChI=1S/C16H23NO2/c1-13(17-11-5-2-6-12-17)9-10-14-7-3-4-8-15(14)16(18)19/h3-4,7-8,13H,2,5-6,9-12H2,1H3,(H,18,19). The minimum absolute atomic E-state index is 0.452. The zero-order chi connectivity index (χ0) is 13.7. The number of aryl methyl sites for hydroxylation is 1. The Balaban J connectivity index is 1.92. The fourth-order valence-corrected chi connectivity index (χ4v) is 2.85. The van der Waals surface area contributed by atoms with E-state index >= 15 is 0 Å². The fraction of sp³-hybridized carbons (Fsp3) is 0.562. The molecule has 0 bridgehead atoms. The van der Waals surface area contributed by atoms with E-state index in [9.17, 15) is 4.79 Å². The first-order valence-electron chi connectivity index (χ1n) is 7.23. The van der Waals surface area contributed by atoms with Gasteiger partial charge in [-0.1, -0.05) is 24.6 Å². The molecule has 1 saturated heterocycles. The number of benzene rings is 1. The lowest BCUT2D eigenvalue weighted by Crippen LogP contribution is -2.37. The van der Waals surface area contributed by atoms with E-state index in [4.69, 9.17) is 5.11 Å². The second kappa shape index (κ2) is 6.71. The monoisotopic (exact) mass is 261 g/mol. The van der Waals surface area contributed by atoms with E-state index in [1.165, 1.54) is 32.4 Å². The van der Waals surface area contributed by atoms with Crippen LogP contribution in [0.4, 0.5) is 0 Å². The number of hydrogen-bond donors (Lipinski definition) is 1. The Kier molecular flexibility index (Phi) is 4.97. The van der Waals surface area contributed by atoms with Gasteiger partial charge in [0, 0.05) is 6.04 Å². The summed E-state index contributed by atoms with van der Waals surface area (Å²) in [5, 5.41) is 9.17. The van der Waals surface area contributed by atoms with Gasteiger partial charge in [-0.3, -0.25) is 0 Å². The molecular formula is C16H23NO2. The van der Waals surface area contributed by atoms with Crippen LogP contribution >= 0.6 is 0 Å². The minimum atomic E-state index is -0.818. The van der Waals surface area contributed by atoms with E-state index in [0.717, 1.165) is 18.4 Å². The van der Waals surface area contributed by atoms with Gasteiger partial charge in [0.05, 0.1) is 5.56 Å². The van der Waals surface area contributed by atoms with E-state index in [-0.39, 0.29) is 0 Å². The molecule has 1 heterocycles. The van der Waals surface area contributed by atoms with Gasteiger partial charge in [0.25, 0.3) is 0 Å². The van der Waals surface area contributed by atoms with Gasteiger partial charge in [-0.2, -0.15) is 0 Å². The van der Waals surface area contributed by atoms with Gasteiger partial charge >= 0.3 is 5.97 Å². The maximum atomic E-state index is 11.2.